The maximum absolute atomic E-state index is 11.3. The van der Waals surface area contributed by atoms with Gasteiger partial charge < -0.3 is 9.47 Å². The van der Waals surface area contributed by atoms with Crippen molar-refractivity contribution in [3.63, 3.8) is 0 Å². The predicted molar refractivity (Wildman–Crippen MR) is 91.4 cm³/mol. The largest absolute Gasteiger partial charge is 0.489 e. The Morgan fingerprint density at radius 3 is 2.56 bits per heavy atom. The summed E-state index contributed by atoms with van der Waals surface area (Å²) < 4.78 is 10.9. The van der Waals surface area contributed by atoms with E-state index in [0.29, 0.717) is 17.0 Å². The van der Waals surface area contributed by atoms with Crippen molar-refractivity contribution in [1.29, 1.82) is 0 Å². The summed E-state index contributed by atoms with van der Waals surface area (Å²) in [5.41, 5.74) is 1.94. The highest BCUT2D eigenvalue weighted by Gasteiger charge is 2.17. The molecule has 1 aromatic carbocycles. The Morgan fingerprint density at radius 1 is 1.20 bits per heavy atom. The van der Waals surface area contributed by atoms with Crippen LogP contribution < -0.4 is 10.3 Å². The Labute approximate surface area is 145 Å². The number of benzene rings is 1. The van der Waals surface area contributed by atoms with Crippen LogP contribution in [0.15, 0.2) is 35.1 Å². The first-order chi connectivity index (χ1) is 11.8. The number of ether oxygens (including phenoxy) is 2. The molecule has 0 aliphatic heterocycles. The van der Waals surface area contributed by atoms with Gasteiger partial charge in [-0.15, -0.1) is 0 Å². The van der Waals surface area contributed by atoms with Gasteiger partial charge in [0.05, 0.1) is 5.69 Å². The highest BCUT2D eigenvalue weighted by Crippen LogP contribution is 2.29. The summed E-state index contributed by atoms with van der Waals surface area (Å²) in [7, 11) is 0. The van der Waals surface area contributed by atoms with E-state index in [1.165, 1.54) is 19.9 Å². The first-order valence-corrected chi connectivity index (χ1v) is 7.81. The molecule has 1 aromatic heterocycles. The number of H-pyrrole nitrogens is 1. The number of aryl methyl sites for hydroxylation is 1. The zero-order chi connectivity index (χ0) is 18.4. The summed E-state index contributed by atoms with van der Waals surface area (Å²) in [5, 5.41) is 6.40. The van der Waals surface area contributed by atoms with Crippen molar-refractivity contribution in [2.24, 2.45) is 0 Å². The van der Waals surface area contributed by atoms with Gasteiger partial charge in [-0.2, -0.15) is 5.10 Å². The van der Waals surface area contributed by atoms with Gasteiger partial charge >= 0.3 is 5.97 Å². The van der Waals surface area contributed by atoms with Gasteiger partial charge in [-0.1, -0.05) is 11.6 Å². The van der Waals surface area contributed by atoms with Crippen molar-refractivity contribution in [3.8, 4) is 17.0 Å². The van der Waals surface area contributed by atoms with Gasteiger partial charge in [-0.05, 0) is 32.0 Å². The number of hydrogen-bond acceptors (Lipinski definition) is 6. The molecular formula is C18H20N2O5. The fourth-order valence-electron chi connectivity index (χ4n) is 2.34. The second-order valence-corrected chi connectivity index (χ2v) is 5.75. The van der Waals surface area contributed by atoms with Crippen LogP contribution in [0.1, 0.15) is 25.8 Å². The second kappa shape index (κ2) is 8.23. The van der Waals surface area contributed by atoms with Crippen LogP contribution in [0.25, 0.3) is 11.3 Å². The molecule has 2 aromatic rings. The summed E-state index contributed by atoms with van der Waals surface area (Å²) in [6.07, 6.45) is -0.579. The molecule has 0 saturated carbocycles. The molecule has 0 bridgehead atoms. The topological polar surface area (TPSA) is 98.4 Å². The van der Waals surface area contributed by atoms with Crippen molar-refractivity contribution < 1.29 is 19.1 Å². The van der Waals surface area contributed by atoms with Crippen LogP contribution in [0, 0.1) is 6.92 Å². The van der Waals surface area contributed by atoms with Gasteiger partial charge in [-0.3, -0.25) is 14.4 Å². The molecule has 0 fully saturated rings. The molecule has 0 radical (unpaired) electrons. The average molecular weight is 344 g/mol. The van der Waals surface area contributed by atoms with Gasteiger partial charge in [0.25, 0.3) is 5.56 Å². The minimum Gasteiger partial charge on any atom is -0.489 e. The van der Waals surface area contributed by atoms with Crippen molar-refractivity contribution in [2.45, 2.75) is 33.3 Å². The van der Waals surface area contributed by atoms with Crippen LogP contribution in [0.5, 0.6) is 5.75 Å². The smallest absolute Gasteiger partial charge is 0.303 e. The number of aromatic amines is 1. The monoisotopic (exact) mass is 344 g/mol. The number of carbonyl (C=O) groups excluding carboxylic acids is 2. The summed E-state index contributed by atoms with van der Waals surface area (Å²) in [6, 6.07) is 8.50. The van der Waals surface area contributed by atoms with Crippen molar-refractivity contribution in [1.82, 2.24) is 10.2 Å². The number of esters is 1. The maximum atomic E-state index is 11.3. The van der Waals surface area contributed by atoms with Crippen molar-refractivity contribution in [2.75, 3.05) is 6.61 Å². The third-order valence-corrected chi connectivity index (χ3v) is 3.36. The predicted octanol–water partition coefficient (Wildman–Crippen LogP) is 2.03. The number of nitrogens with one attached hydrogen (secondary N) is 1. The quantitative estimate of drug-likeness (QED) is 0.772. The highest BCUT2D eigenvalue weighted by atomic mass is 16.6. The van der Waals surface area contributed by atoms with E-state index < -0.39 is 12.1 Å². The Kier molecular flexibility index (Phi) is 6.05. The number of Topliss-reactive ketones (excluding diaryl/α,β-unsaturated/α-hetero) is 1. The maximum Gasteiger partial charge on any atom is 0.303 e. The summed E-state index contributed by atoms with van der Waals surface area (Å²) >= 11 is 0. The van der Waals surface area contributed by atoms with E-state index in [0.717, 1.165) is 5.56 Å². The van der Waals surface area contributed by atoms with Crippen LogP contribution in [-0.2, 0) is 14.3 Å². The third kappa shape index (κ3) is 5.56. The molecule has 0 spiro atoms. The Morgan fingerprint density at radius 2 is 1.96 bits per heavy atom. The van der Waals surface area contributed by atoms with Crippen LogP contribution in [0.4, 0.5) is 0 Å². The number of carbonyl (C=O) groups is 2. The molecule has 1 atom stereocenters. The average Bonchev–Trinajstić information content (AvgIpc) is 2.53. The SMILES string of the molecule is CC(=O)CC(COc1ccc(C)cc1-c1ccc(=O)[nH]n1)OC(C)=O. The zero-order valence-electron chi connectivity index (χ0n) is 14.4. The summed E-state index contributed by atoms with van der Waals surface area (Å²) in [6.45, 7) is 4.68. The zero-order valence-corrected chi connectivity index (χ0v) is 14.4. The van der Waals surface area contributed by atoms with Crippen LogP contribution in [-0.4, -0.2) is 34.7 Å². The molecule has 1 heterocycles. The fourth-order valence-corrected chi connectivity index (χ4v) is 2.34. The molecule has 1 unspecified atom stereocenters. The Bertz CT molecular complexity index is 792. The minimum atomic E-state index is -0.660. The van der Waals surface area contributed by atoms with E-state index in [1.807, 2.05) is 19.1 Å². The van der Waals surface area contributed by atoms with Gasteiger partial charge in [0.1, 0.15) is 24.2 Å². The van der Waals surface area contributed by atoms with E-state index in [1.54, 1.807) is 12.1 Å². The van der Waals surface area contributed by atoms with E-state index in [-0.39, 0.29) is 24.4 Å². The molecule has 0 aliphatic carbocycles. The summed E-state index contributed by atoms with van der Waals surface area (Å²) in [4.78, 5) is 33.7. The van der Waals surface area contributed by atoms with E-state index in [4.69, 9.17) is 9.47 Å². The number of aromatic nitrogens is 2. The molecule has 7 heteroatoms. The molecule has 132 valence electrons. The van der Waals surface area contributed by atoms with E-state index in [2.05, 4.69) is 10.2 Å². The molecule has 1 N–H and O–H groups in total. The van der Waals surface area contributed by atoms with Crippen molar-refractivity contribution >= 4 is 11.8 Å². The second-order valence-electron chi connectivity index (χ2n) is 5.75. The third-order valence-electron chi connectivity index (χ3n) is 3.36. The standard InChI is InChI=1S/C18H20N2O5/c1-11-4-6-17(15(8-11)16-5-7-18(23)20-19-16)24-10-14(9-12(2)21)25-13(3)22/h4-8,14H,9-10H2,1-3H3,(H,20,23). The number of hydrogen-bond donors (Lipinski definition) is 1. The number of rotatable bonds is 7. The highest BCUT2D eigenvalue weighted by molar-refractivity contribution is 5.76. The van der Waals surface area contributed by atoms with Gasteiger partial charge in [0, 0.05) is 25.0 Å². The lowest BCUT2D eigenvalue weighted by atomic mass is 10.1. The normalized spacial score (nSPS) is 11.6. The first-order valence-electron chi connectivity index (χ1n) is 7.81. The van der Waals surface area contributed by atoms with Crippen LogP contribution >= 0.6 is 0 Å². The van der Waals surface area contributed by atoms with Crippen LogP contribution in [0.2, 0.25) is 0 Å². The molecule has 0 aliphatic rings. The lowest BCUT2D eigenvalue weighted by molar-refractivity contribution is -0.149. The lowest BCUT2D eigenvalue weighted by Gasteiger charge is -2.18. The van der Waals surface area contributed by atoms with Gasteiger partial charge in [0.2, 0.25) is 0 Å². The Hall–Kier alpha value is -2.96. The fraction of sp³-hybridized carbons (Fsp3) is 0.333. The van der Waals surface area contributed by atoms with Gasteiger partial charge in [0.15, 0.2) is 0 Å². The minimum absolute atomic E-state index is 0.0403. The lowest BCUT2D eigenvalue weighted by Crippen LogP contribution is -2.26. The van der Waals surface area contributed by atoms with Crippen LogP contribution in [0.3, 0.4) is 0 Å². The van der Waals surface area contributed by atoms with Crippen molar-refractivity contribution in [3.05, 3.63) is 46.2 Å². The number of nitrogens with zero attached hydrogens (tertiary/aromatic N) is 1. The molecule has 7 nitrogen and oxygen atoms in total. The molecule has 0 amide bonds. The molecule has 0 saturated heterocycles. The number of ketones is 1. The van der Waals surface area contributed by atoms with E-state index >= 15 is 0 Å². The molecule has 2 rings (SSSR count). The van der Waals surface area contributed by atoms with Gasteiger partial charge in [-0.25, -0.2) is 5.10 Å². The molecular weight excluding hydrogens is 324 g/mol. The Balaban J connectivity index is 2.23. The first kappa shape index (κ1) is 18.4. The van der Waals surface area contributed by atoms with E-state index in [9.17, 15) is 14.4 Å². The summed E-state index contributed by atoms with van der Waals surface area (Å²) in [5.74, 6) is -0.0478. The molecule has 25 heavy (non-hydrogen) atoms.